The predicted octanol–water partition coefficient (Wildman–Crippen LogP) is 5.32. The van der Waals surface area contributed by atoms with E-state index in [1.807, 2.05) is 48.5 Å². The minimum atomic E-state index is -0.431. The van der Waals surface area contributed by atoms with Gasteiger partial charge in [0.2, 0.25) is 0 Å². The summed E-state index contributed by atoms with van der Waals surface area (Å²) in [5, 5.41) is 14.5. The fourth-order valence-corrected chi connectivity index (χ4v) is 3.44. The summed E-state index contributed by atoms with van der Waals surface area (Å²) in [5.41, 5.74) is 3.25. The van der Waals surface area contributed by atoms with Crippen LogP contribution in [0.3, 0.4) is 0 Å². The first-order chi connectivity index (χ1) is 15.0. The number of nitrogens with zero attached hydrogens (tertiary/aromatic N) is 1. The summed E-state index contributed by atoms with van der Waals surface area (Å²) in [4.78, 5) is 23.7. The Hall–Kier alpha value is -3.57. The third-order valence-corrected chi connectivity index (χ3v) is 5.01. The first kappa shape index (κ1) is 22.1. The third-order valence-electron chi connectivity index (χ3n) is 5.01. The second-order valence-electron chi connectivity index (χ2n) is 7.49. The second kappa shape index (κ2) is 11.0. The fourth-order valence-electron chi connectivity index (χ4n) is 3.44. The Morgan fingerprint density at radius 1 is 1.00 bits per heavy atom. The molecule has 0 aliphatic heterocycles. The second-order valence-corrected chi connectivity index (χ2v) is 7.49. The zero-order chi connectivity index (χ0) is 22.1. The average Bonchev–Trinajstić information content (AvgIpc) is 2.79. The van der Waals surface area contributed by atoms with Crippen molar-refractivity contribution < 1.29 is 9.72 Å². The Balaban J connectivity index is 1.70. The Labute approximate surface area is 182 Å². The minimum absolute atomic E-state index is 0.00267. The van der Waals surface area contributed by atoms with Crippen molar-refractivity contribution in [2.75, 3.05) is 6.54 Å². The number of hydrogen-bond acceptors (Lipinski definition) is 4. The summed E-state index contributed by atoms with van der Waals surface area (Å²) < 4.78 is 0. The number of allylic oxidation sites excluding steroid dienone is 1. The highest BCUT2D eigenvalue weighted by Gasteiger charge is 2.14. The van der Waals surface area contributed by atoms with Crippen molar-refractivity contribution in [2.45, 2.75) is 25.8 Å². The summed E-state index contributed by atoms with van der Waals surface area (Å²) in [7, 11) is 0. The van der Waals surface area contributed by atoms with Crippen LogP contribution in [0.25, 0.3) is 11.6 Å². The highest BCUT2D eigenvalue weighted by molar-refractivity contribution is 6.25. The van der Waals surface area contributed by atoms with Crippen molar-refractivity contribution in [3.8, 4) is 0 Å². The van der Waals surface area contributed by atoms with Crippen LogP contribution in [0.5, 0.6) is 0 Å². The topological polar surface area (TPSA) is 72.2 Å². The van der Waals surface area contributed by atoms with Crippen molar-refractivity contribution in [1.29, 1.82) is 0 Å². The lowest BCUT2D eigenvalue weighted by Crippen LogP contribution is -2.30. The van der Waals surface area contributed by atoms with Gasteiger partial charge in [-0.25, -0.2) is 0 Å². The molecule has 0 heterocycles. The lowest BCUT2D eigenvalue weighted by Gasteiger charge is -2.14. The van der Waals surface area contributed by atoms with Gasteiger partial charge in [-0.15, -0.1) is 0 Å². The molecule has 0 fully saturated rings. The van der Waals surface area contributed by atoms with E-state index in [4.69, 9.17) is 0 Å². The van der Waals surface area contributed by atoms with Gasteiger partial charge in [-0.1, -0.05) is 72.8 Å². The fraction of sp³-hybridized carbons (Fsp3) is 0.192. The van der Waals surface area contributed by atoms with Gasteiger partial charge < -0.3 is 5.32 Å². The molecular weight excluding hydrogens is 388 g/mol. The molecule has 3 rings (SSSR count). The number of non-ortho nitro benzene ring substituents is 1. The quantitative estimate of drug-likeness (QED) is 0.211. The molecule has 0 spiro atoms. The lowest BCUT2D eigenvalue weighted by molar-refractivity contribution is -0.384. The molecule has 31 heavy (non-hydrogen) atoms. The monoisotopic (exact) mass is 414 g/mol. The molecule has 3 aromatic rings. The summed E-state index contributed by atoms with van der Waals surface area (Å²) in [6, 6.07) is 26.2. The number of benzene rings is 3. The molecule has 0 saturated heterocycles. The highest BCUT2D eigenvalue weighted by atomic mass is 16.6. The van der Waals surface area contributed by atoms with Crippen LogP contribution in [0, 0.1) is 10.1 Å². The van der Waals surface area contributed by atoms with Crippen molar-refractivity contribution in [1.82, 2.24) is 5.32 Å². The van der Waals surface area contributed by atoms with Crippen LogP contribution in [-0.4, -0.2) is 23.3 Å². The molecule has 0 aliphatic rings. The third kappa shape index (κ3) is 6.73. The standard InChI is InChI=1S/C26H26N2O3/c1-20(17-21-9-4-2-5-10-21)27-16-15-26(29)25(23-12-6-3-7-13-23)19-22-11-8-14-24(18-22)28(30)31/h2-14,18-20,27H,15-17H2,1H3/b25-19+. The molecule has 5 heteroatoms. The molecule has 158 valence electrons. The first-order valence-electron chi connectivity index (χ1n) is 10.3. The Bertz CT molecular complexity index is 1050. The number of carbonyl (C=O) groups is 1. The zero-order valence-corrected chi connectivity index (χ0v) is 17.5. The number of nitrogens with one attached hydrogen (secondary N) is 1. The SMILES string of the molecule is CC(Cc1ccccc1)NCCC(=O)/C(=C/c1cccc([N+](=O)[O-])c1)c1ccccc1. The van der Waals surface area contributed by atoms with Gasteiger partial charge in [0.15, 0.2) is 5.78 Å². The Kier molecular flexibility index (Phi) is 7.85. The van der Waals surface area contributed by atoms with Crippen LogP contribution >= 0.6 is 0 Å². The van der Waals surface area contributed by atoms with Crippen LogP contribution < -0.4 is 5.32 Å². The highest BCUT2D eigenvalue weighted by Crippen LogP contribution is 2.22. The number of hydrogen-bond donors (Lipinski definition) is 1. The molecule has 0 aliphatic carbocycles. The number of ketones is 1. The number of Topliss-reactive ketones (excluding diaryl/α,β-unsaturated/α-hetero) is 1. The van der Waals surface area contributed by atoms with E-state index < -0.39 is 4.92 Å². The van der Waals surface area contributed by atoms with Gasteiger partial charge in [-0.2, -0.15) is 0 Å². The normalized spacial score (nSPS) is 12.4. The van der Waals surface area contributed by atoms with Gasteiger partial charge in [-0.05, 0) is 36.1 Å². The molecule has 3 aromatic carbocycles. The van der Waals surface area contributed by atoms with Crippen molar-refractivity contribution in [3.05, 3.63) is 112 Å². The molecule has 5 nitrogen and oxygen atoms in total. The summed E-state index contributed by atoms with van der Waals surface area (Å²) in [5.74, 6) is -0.00267. The van der Waals surface area contributed by atoms with E-state index in [-0.39, 0.29) is 17.5 Å². The van der Waals surface area contributed by atoms with Crippen molar-refractivity contribution in [2.24, 2.45) is 0 Å². The van der Waals surface area contributed by atoms with Crippen LogP contribution in [0.15, 0.2) is 84.9 Å². The predicted molar refractivity (Wildman–Crippen MR) is 125 cm³/mol. The van der Waals surface area contributed by atoms with E-state index in [0.29, 0.717) is 24.1 Å². The van der Waals surface area contributed by atoms with Crippen LogP contribution in [0.4, 0.5) is 5.69 Å². The van der Waals surface area contributed by atoms with Gasteiger partial charge in [0.25, 0.3) is 5.69 Å². The number of nitro benzene ring substituents is 1. The summed E-state index contributed by atoms with van der Waals surface area (Å²) >= 11 is 0. The van der Waals surface area contributed by atoms with Crippen LogP contribution in [0.1, 0.15) is 30.0 Å². The molecule has 1 N–H and O–H groups in total. The molecular formula is C26H26N2O3. The average molecular weight is 415 g/mol. The van der Waals surface area contributed by atoms with E-state index in [1.54, 1.807) is 18.2 Å². The van der Waals surface area contributed by atoms with Crippen LogP contribution in [0.2, 0.25) is 0 Å². The molecule has 0 radical (unpaired) electrons. The van der Waals surface area contributed by atoms with Gasteiger partial charge in [-0.3, -0.25) is 14.9 Å². The van der Waals surface area contributed by atoms with Gasteiger partial charge in [0.05, 0.1) is 4.92 Å². The zero-order valence-electron chi connectivity index (χ0n) is 17.5. The molecule has 0 bridgehead atoms. The van der Waals surface area contributed by atoms with E-state index in [0.717, 1.165) is 12.0 Å². The number of nitro groups is 1. The maximum Gasteiger partial charge on any atom is 0.270 e. The van der Waals surface area contributed by atoms with Crippen molar-refractivity contribution in [3.63, 3.8) is 0 Å². The maximum atomic E-state index is 13.1. The van der Waals surface area contributed by atoms with E-state index in [1.165, 1.54) is 17.7 Å². The number of rotatable bonds is 10. The molecule has 1 unspecified atom stereocenters. The Morgan fingerprint density at radius 2 is 1.68 bits per heavy atom. The van der Waals surface area contributed by atoms with E-state index >= 15 is 0 Å². The van der Waals surface area contributed by atoms with Gasteiger partial charge >= 0.3 is 0 Å². The number of carbonyl (C=O) groups excluding carboxylic acids is 1. The summed E-state index contributed by atoms with van der Waals surface area (Å²) in [6.45, 7) is 2.67. The molecule has 0 saturated carbocycles. The van der Waals surface area contributed by atoms with E-state index in [2.05, 4.69) is 24.4 Å². The molecule has 0 amide bonds. The first-order valence-corrected chi connectivity index (χ1v) is 10.3. The maximum absolute atomic E-state index is 13.1. The largest absolute Gasteiger partial charge is 0.313 e. The minimum Gasteiger partial charge on any atom is -0.313 e. The van der Waals surface area contributed by atoms with Crippen molar-refractivity contribution >= 4 is 23.1 Å². The van der Waals surface area contributed by atoms with Gasteiger partial charge in [0, 0.05) is 36.7 Å². The molecule has 0 aromatic heterocycles. The van der Waals surface area contributed by atoms with Gasteiger partial charge in [0.1, 0.15) is 0 Å². The Morgan fingerprint density at radius 3 is 2.35 bits per heavy atom. The van der Waals surface area contributed by atoms with Crippen LogP contribution in [-0.2, 0) is 11.2 Å². The van der Waals surface area contributed by atoms with E-state index in [9.17, 15) is 14.9 Å². The smallest absolute Gasteiger partial charge is 0.270 e. The molecule has 1 atom stereocenters. The lowest BCUT2D eigenvalue weighted by atomic mass is 9.97. The summed E-state index contributed by atoms with van der Waals surface area (Å²) in [6.07, 6.45) is 2.97.